The van der Waals surface area contributed by atoms with Crippen LogP contribution in [0.25, 0.3) is 0 Å². The second-order valence-electron chi connectivity index (χ2n) is 7.03. The van der Waals surface area contributed by atoms with Crippen LogP contribution in [0.3, 0.4) is 0 Å². The fourth-order valence-corrected chi connectivity index (χ4v) is 4.16. The van der Waals surface area contributed by atoms with E-state index in [1.54, 1.807) is 13.4 Å². The summed E-state index contributed by atoms with van der Waals surface area (Å²) in [5.41, 5.74) is 4.16. The van der Waals surface area contributed by atoms with Crippen molar-refractivity contribution in [3.05, 3.63) is 41.5 Å². The Morgan fingerprint density at radius 1 is 1.27 bits per heavy atom. The predicted molar refractivity (Wildman–Crippen MR) is 99.4 cm³/mol. The van der Waals surface area contributed by atoms with E-state index >= 15 is 0 Å². The van der Waals surface area contributed by atoms with Gasteiger partial charge in [0.05, 0.1) is 49.8 Å². The van der Waals surface area contributed by atoms with Crippen LogP contribution in [0, 0.1) is 0 Å². The van der Waals surface area contributed by atoms with Gasteiger partial charge in [-0.1, -0.05) is 0 Å². The number of methoxy groups -OCH3 is 1. The van der Waals surface area contributed by atoms with E-state index < -0.39 is 0 Å². The Labute approximate surface area is 153 Å². The first-order valence-electron chi connectivity index (χ1n) is 9.20. The number of aliphatic hydroxyl groups is 1. The number of rotatable bonds is 4. The lowest BCUT2D eigenvalue weighted by atomic mass is 9.74. The van der Waals surface area contributed by atoms with Crippen LogP contribution in [0.2, 0.25) is 0 Å². The van der Waals surface area contributed by atoms with E-state index in [1.807, 2.05) is 30.8 Å². The first-order valence-corrected chi connectivity index (χ1v) is 9.20. The van der Waals surface area contributed by atoms with Crippen molar-refractivity contribution in [3.8, 4) is 11.5 Å². The van der Waals surface area contributed by atoms with Crippen molar-refractivity contribution < 1.29 is 14.6 Å². The highest BCUT2D eigenvalue weighted by Gasteiger charge is 2.37. The lowest BCUT2D eigenvalue weighted by Crippen LogP contribution is -2.34. The molecule has 4 rings (SSSR count). The third-order valence-electron chi connectivity index (χ3n) is 5.43. The van der Waals surface area contributed by atoms with E-state index in [1.165, 1.54) is 5.56 Å². The molecule has 26 heavy (non-hydrogen) atoms. The molecule has 138 valence electrons. The number of fused-ring (bicyclic) bond motifs is 3. The van der Waals surface area contributed by atoms with Crippen LogP contribution < -0.4 is 9.47 Å². The normalized spacial score (nSPS) is 24.5. The number of nitrogens with zero attached hydrogens (tertiary/aromatic N) is 3. The van der Waals surface area contributed by atoms with Gasteiger partial charge in [0.25, 0.3) is 0 Å². The molecule has 6 heteroatoms. The summed E-state index contributed by atoms with van der Waals surface area (Å²) in [6.07, 6.45) is 5.80. The number of hydrogen-bond donors (Lipinski definition) is 1. The fraction of sp³-hybridized carbons (Fsp3) is 0.500. The number of hydrogen-bond acceptors (Lipinski definition) is 5. The van der Waals surface area contributed by atoms with Crippen molar-refractivity contribution in [2.75, 3.05) is 13.7 Å². The minimum atomic E-state index is -0.268. The highest BCUT2D eigenvalue weighted by Crippen LogP contribution is 2.44. The number of aromatic nitrogens is 2. The van der Waals surface area contributed by atoms with Gasteiger partial charge in [0.15, 0.2) is 11.5 Å². The number of aliphatic imine (C=N–C) groups is 1. The maximum atomic E-state index is 10.2. The monoisotopic (exact) mass is 355 g/mol. The quantitative estimate of drug-likeness (QED) is 0.915. The SMILES string of the molecule is CCOc1cc2c(cc1OC)C(c1cncn1C)=NC1CCC(O)CC21. The number of benzene rings is 1. The Morgan fingerprint density at radius 3 is 2.81 bits per heavy atom. The van der Waals surface area contributed by atoms with Gasteiger partial charge in [-0.05, 0) is 43.9 Å². The molecule has 2 heterocycles. The Hall–Kier alpha value is -2.34. The van der Waals surface area contributed by atoms with Gasteiger partial charge in [0.1, 0.15) is 0 Å². The number of imidazole rings is 1. The molecule has 1 aromatic heterocycles. The maximum Gasteiger partial charge on any atom is 0.161 e. The molecule has 1 aliphatic carbocycles. The zero-order chi connectivity index (χ0) is 18.3. The van der Waals surface area contributed by atoms with Gasteiger partial charge in [-0.15, -0.1) is 0 Å². The number of ether oxygens (including phenoxy) is 2. The zero-order valence-electron chi connectivity index (χ0n) is 15.5. The first kappa shape index (κ1) is 17.1. The second kappa shape index (κ2) is 6.76. The minimum Gasteiger partial charge on any atom is -0.493 e. The van der Waals surface area contributed by atoms with Crippen LogP contribution in [0.1, 0.15) is 48.9 Å². The van der Waals surface area contributed by atoms with Gasteiger partial charge in [-0.2, -0.15) is 0 Å². The number of aryl methyl sites for hydroxylation is 1. The van der Waals surface area contributed by atoms with Crippen molar-refractivity contribution in [2.45, 2.75) is 44.2 Å². The van der Waals surface area contributed by atoms with Gasteiger partial charge in [0, 0.05) is 18.5 Å². The van der Waals surface area contributed by atoms with Gasteiger partial charge in [0.2, 0.25) is 0 Å². The minimum absolute atomic E-state index is 0.179. The van der Waals surface area contributed by atoms with Crippen molar-refractivity contribution >= 4 is 5.71 Å². The van der Waals surface area contributed by atoms with Crippen LogP contribution in [0.4, 0.5) is 0 Å². The predicted octanol–water partition coefficient (Wildman–Crippen LogP) is 2.68. The van der Waals surface area contributed by atoms with Crippen LogP contribution in [-0.2, 0) is 7.05 Å². The molecule has 1 saturated carbocycles. The van der Waals surface area contributed by atoms with Gasteiger partial charge in [-0.3, -0.25) is 4.99 Å². The second-order valence-corrected chi connectivity index (χ2v) is 7.03. The molecule has 1 aromatic carbocycles. The summed E-state index contributed by atoms with van der Waals surface area (Å²) in [6, 6.07) is 4.28. The summed E-state index contributed by atoms with van der Waals surface area (Å²) < 4.78 is 13.4. The van der Waals surface area contributed by atoms with Crippen molar-refractivity contribution in [3.63, 3.8) is 0 Å². The topological polar surface area (TPSA) is 68.9 Å². The molecule has 0 bridgehead atoms. The third-order valence-corrected chi connectivity index (χ3v) is 5.43. The summed E-state index contributed by atoms with van der Waals surface area (Å²) >= 11 is 0. The Morgan fingerprint density at radius 2 is 2.12 bits per heavy atom. The van der Waals surface area contributed by atoms with Crippen LogP contribution in [-0.4, -0.2) is 46.2 Å². The Kier molecular flexibility index (Phi) is 4.44. The summed E-state index contributed by atoms with van der Waals surface area (Å²) in [5, 5.41) is 10.2. The van der Waals surface area contributed by atoms with Crippen LogP contribution >= 0.6 is 0 Å². The largest absolute Gasteiger partial charge is 0.493 e. The number of aliphatic hydroxyl groups excluding tert-OH is 1. The van der Waals surface area contributed by atoms with E-state index in [4.69, 9.17) is 14.5 Å². The van der Waals surface area contributed by atoms with Crippen molar-refractivity contribution in [2.24, 2.45) is 12.0 Å². The molecule has 0 amide bonds. The summed E-state index contributed by atoms with van der Waals surface area (Å²) in [4.78, 5) is 9.34. The maximum absolute atomic E-state index is 10.2. The molecular weight excluding hydrogens is 330 g/mol. The highest BCUT2D eigenvalue weighted by atomic mass is 16.5. The van der Waals surface area contributed by atoms with Crippen LogP contribution in [0.15, 0.2) is 29.6 Å². The van der Waals surface area contributed by atoms with Gasteiger partial charge >= 0.3 is 0 Å². The smallest absolute Gasteiger partial charge is 0.161 e. The van der Waals surface area contributed by atoms with E-state index in [0.717, 1.165) is 42.0 Å². The molecule has 0 saturated heterocycles. The zero-order valence-corrected chi connectivity index (χ0v) is 15.5. The molecule has 1 N–H and O–H groups in total. The first-order chi connectivity index (χ1) is 12.6. The van der Waals surface area contributed by atoms with E-state index in [0.29, 0.717) is 12.4 Å². The highest BCUT2D eigenvalue weighted by molar-refractivity contribution is 6.14. The van der Waals surface area contributed by atoms with Crippen molar-refractivity contribution in [1.29, 1.82) is 0 Å². The van der Waals surface area contributed by atoms with E-state index in [9.17, 15) is 5.11 Å². The molecular formula is C20H25N3O3. The van der Waals surface area contributed by atoms with Crippen LogP contribution in [0.5, 0.6) is 11.5 Å². The average molecular weight is 355 g/mol. The molecule has 3 unspecified atom stereocenters. The molecule has 0 radical (unpaired) electrons. The average Bonchev–Trinajstić information content (AvgIpc) is 3.07. The van der Waals surface area contributed by atoms with Crippen molar-refractivity contribution in [1.82, 2.24) is 9.55 Å². The summed E-state index contributed by atoms with van der Waals surface area (Å²) in [5.74, 6) is 1.66. The van der Waals surface area contributed by atoms with E-state index in [-0.39, 0.29) is 18.1 Å². The van der Waals surface area contributed by atoms with E-state index in [2.05, 4.69) is 11.1 Å². The van der Waals surface area contributed by atoms with Gasteiger partial charge in [-0.25, -0.2) is 4.98 Å². The molecule has 1 fully saturated rings. The molecule has 2 aliphatic rings. The van der Waals surface area contributed by atoms with Gasteiger partial charge < -0.3 is 19.1 Å². The fourth-order valence-electron chi connectivity index (χ4n) is 4.16. The third kappa shape index (κ3) is 2.78. The standard InChI is InChI=1S/C20H25N3O3/c1-4-26-19-8-13-14-7-12(24)5-6-16(14)22-20(15(13)9-18(19)25-3)17-10-21-11-23(17)2/h8-12,14,16,24H,4-7H2,1-3H3. The molecule has 3 atom stereocenters. The lowest BCUT2D eigenvalue weighted by molar-refractivity contribution is 0.111. The lowest BCUT2D eigenvalue weighted by Gasteiger charge is -2.37. The molecule has 1 aliphatic heterocycles. The Bertz CT molecular complexity index is 843. The Balaban J connectivity index is 1.90. The summed E-state index contributed by atoms with van der Waals surface area (Å²) in [7, 11) is 3.63. The summed E-state index contributed by atoms with van der Waals surface area (Å²) in [6.45, 7) is 2.54. The molecule has 6 nitrogen and oxygen atoms in total. The molecule has 2 aromatic rings. The molecule has 0 spiro atoms.